The summed E-state index contributed by atoms with van der Waals surface area (Å²) in [6.07, 6.45) is 9.08. The SMILES string of the molecule is CCC1OCCC1C(CCc1cnn(C)c1)NC. The van der Waals surface area contributed by atoms with Crippen molar-refractivity contribution in [2.75, 3.05) is 13.7 Å². The summed E-state index contributed by atoms with van der Waals surface area (Å²) in [5.74, 6) is 0.664. The molecule has 4 nitrogen and oxygen atoms in total. The molecule has 1 fully saturated rings. The maximum absolute atomic E-state index is 5.80. The van der Waals surface area contributed by atoms with Crippen LogP contribution in [-0.4, -0.2) is 35.6 Å². The van der Waals surface area contributed by atoms with Crippen molar-refractivity contribution >= 4 is 0 Å². The second kappa shape index (κ2) is 6.34. The number of rotatable bonds is 6. The highest BCUT2D eigenvalue weighted by molar-refractivity contribution is 5.04. The lowest BCUT2D eigenvalue weighted by atomic mass is 9.88. The Kier molecular flexibility index (Phi) is 4.78. The largest absolute Gasteiger partial charge is 0.378 e. The molecule has 1 aliphatic heterocycles. The van der Waals surface area contributed by atoms with Crippen LogP contribution in [0.25, 0.3) is 0 Å². The minimum Gasteiger partial charge on any atom is -0.378 e. The zero-order valence-electron chi connectivity index (χ0n) is 11.7. The highest BCUT2D eigenvalue weighted by Crippen LogP contribution is 2.28. The van der Waals surface area contributed by atoms with Gasteiger partial charge in [0, 0.05) is 31.8 Å². The second-order valence-corrected chi connectivity index (χ2v) is 5.23. The standard InChI is InChI=1S/C14H25N3O/c1-4-14-12(7-8-18-14)13(15-2)6-5-11-9-16-17(3)10-11/h9-10,12-15H,4-8H2,1-3H3. The molecule has 0 aromatic carbocycles. The maximum Gasteiger partial charge on any atom is 0.0616 e. The van der Waals surface area contributed by atoms with Gasteiger partial charge in [0.05, 0.1) is 12.3 Å². The number of ether oxygens (including phenoxy) is 1. The van der Waals surface area contributed by atoms with Crippen molar-refractivity contribution in [2.45, 2.75) is 44.8 Å². The molecule has 1 aliphatic rings. The lowest BCUT2D eigenvalue weighted by Gasteiger charge is -2.26. The molecule has 0 aliphatic carbocycles. The Bertz CT molecular complexity index is 364. The van der Waals surface area contributed by atoms with Gasteiger partial charge in [0.1, 0.15) is 0 Å². The van der Waals surface area contributed by atoms with Gasteiger partial charge in [-0.3, -0.25) is 4.68 Å². The average Bonchev–Trinajstić information content (AvgIpc) is 2.99. The van der Waals surface area contributed by atoms with Gasteiger partial charge < -0.3 is 10.1 Å². The van der Waals surface area contributed by atoms with E-state index >= 15 is 0 Å². The fourth-order valence-electron chi connectivity index (χ4n) is 3.04. The Balaban J connectivity index is 1.88. The summed E-state index contributed by atoms with van der Waals surface area (Å²) in [6.45, 7) is 3.14. The monoisotopic (exact) mass is 251 g/mol. The van der Waals surface area contributed by atoms with E-state index in [-0.39, 0.29) is 0 Å². The summed E-state index contributed by atoms with van der Waals surface area (Å²) in [4.78, 5) is 0. The zero-order valence-corrected chi connectivity index (χ0v) is 11.7. The Morgan fingerprint density at radius 1 is 1.61 bits per heavy atom. The molecule has 0 amide bonds. The van der Waals surface area contributed by atoms with Crippen LogP contribution in [0.3, 0.4) is 0 Å². The number of hydrogen-bond donors (Lipinski definition) is 1. The van der Waals surface area contributed by atoms with Crippen molar-refractivity contribution in [1.82, 2.24) is 15.1 Å². The van der Waals surface area contributed by atoms with E-state index in [1.807, 2.05) is 17.9 Å². The molecule has 4 heteroatoms. The molecule has 0 bridgehead atoms. The first-order valence-corrected chi connectivity index (χ1v) is 7.01. The first kappa shape index (κ1) is 13.6. The van der Waals surface area contributed by atoms with Gasteiger partial charge in [0.15, 0.2) is 0 Å². The first-order valence-electron chi connectivity index (χ1n) is 7.01. The minimum atomic E-state index is 0.441. The van der Waals surface area contributed by atoms with Gasteiger partial charge in [-0.15, -0.1) is 0 Å². The predicted molar refractivity (Wildman–Crippen MR) is 72.5 cm³/mol. The van der Waals surface area contributed by atoms with Crippen molar-refractivity contribution in [3.63, 3.8) is 0 Å². The van der Waals surface area contributed by atoms with E-state index in [1.54, 1.807) is 0 Å². The van der Waals surface area contributed by atoms with E-state index in [0.29, 0.717) is 18.1 Å². The lowest BCUT2D eigenvalue weighted by Crippen LogP contribution is -2.38. The van der Waals surface area contributed by atoms with Gasteiger partial charge in [-0.2, -0.15) is 5.10 Å². The normalized spacial score (nSPS) is 25.5. The molecule has 0 spiro atoms. The number of hydrogen-bond acceptors (Lipinski definition) is 3. The van der Waals surface area contributed by atoms with Crippen LogP contribution in [0.2, 0.25) is 0 Å². The topological polar surface area (TPSA) is 39.1 Å². The minimum absolute atomic E-state index is 0.441. The number of nitrogens with one attached hydrogen (secondary N) is 1. The second-order valence-electron chi connectivity index (χ2n) is 5.23. The quantitative estimate of drug-likeness (QED) is 0.837. The van der Waals surface area contributed by atoms with Crippen LogP contribution >= 0.6 is 0 Å². The fourth-order valence-corrected chi connectivity index (χ4v) is 3.04. The Hall–Kier alpha value is -0.870. The molecule has 2 heterocycles. The summed E-state index contributed by atoms with van der Waals surface area (Å²) < 4.78 is 7.67. The molecule has 0 radical (unpaired) electrons. The van der Waals surface area contributed by atoms with Crippen molar-refractivity contribution in [2.24, 2.45) is 13.0 Å². The molecule has 0 saturated carbocycles. The van der Waals surface area contributed by atoms with Gasteiger partial charge in [0.25, 0.3) is 0 Å². The van der Waals surface area contributed by atoms with E-state index < -0.39 is 0 Å². The number of nitrogens with zero attached hydrogens (tertiary/aromatic N) is 2. The molecule has 3 unspecified atom stereocenters. The van der Waals surface area contributed by atoms with Crippen molar-refractivity contribution in [3.8, 4) is 0 Å². The molecule has 1 aromatic rings. The fraction of sp³-hybridized carbons (Fsp3) is 0.786. The maximum atomic E-state index is 5.80. The third-order valence-electron chi connectivity index (χ3n) is 4.05. The van der Waals surface area contributed by atoms with Crippen LogP contribution in [0.15, 0.2) is 12.4 Å². The lowest BCUT2D eigenvalue weighted by molar-refractivity contribution is 0.0774. The van der Waals surface area contributed by atoms with Crippen molar-refractivity contribution < 1.29 is 4.74 Å². The highest BCUT2D eigenvalue weighted by Gasteiger charge is 2.32. The van der Waals surface area contributed by atoms with Gasteiger partial charge in [0.2, 0.25) is 0 Å². The van der Waals surface area contributed by atoms with Crippen LogP contribution in [0.5, 0.6) is 0 Å². The molecule has 2 rings (SSSR count). The van der Waals surface area contributed by atoms with Crippen LogP contribution < -0.4 is 5.32 Å². The number of aromatic nitrogens is 2. The van der Waals surface area contributed by atoms with Crippen LogP contribution in [0, 0.1) is 5.92 Å². The average molecular weight is 251 g/mol. The Labute approximate surface area is 110 Å². The summed E-state index contributed by atoms with van der Waals surface area (Å²) in [6, 6.07) is 0.553. The Morgan fingerprint density at radius 2 is 2.44 bits per heavy atom. The molecule has 1 aromatic heterocycles. The summed E-state index contributed by atoms with van der Waals surface area (Å²) in [5.41, 5.74) is 1.32. The van der Waals surface area contributed by atoms with Crippen LogP contribution in [0.1, 0.15) is 31.7 Å². The molecule has 1 saturated heterocycles. The molecule has 18 heavy (non-hydrogen) atoms. The first-order chi connectivity index (χ1) is 8.74. The zero-order chi connectivity index (χ0) is 13.0. The van der Waals surface area contributed by atoms with E-state index in [1.165, 1.54) is 12.0 Å². The smallest absolute Gasteiger partial charge is 0.0616 e. The van der Waals surface area contributed by atoms with E-state index in [4.69, 9.17) is 4.74 Å². The van der Waals surface area contributed by atoms with E-state index in [9.17, 15) is 0 Å². The van der Waals surface area contributed by atoms with Crippen molar-refractivity contribution in [1.29, 1.82) is 0 Å². The third kappa shape index (κ3) is 3.12. The van der Waals surface area contributed by atoms with Gasteiger partial charge in [-0.1, -0.05) is 6.92 Å². The van der Waals surface area contributed by atoms with E-state index in [2.05, 4.69) is 30.6 Å². The van der Waals surface area contributed by atoms with Gasteiger partial charge in [-0.05, 0) is 38.3 Å². The van der Waals surface area contributed by atoms with E-state index in [0.717, 1.165) is 25.9 Å². The summed E-state index contributed by atoms with van der Waals surface area (Å²) in [7, 11) is 4.04. The molecular formula is C14H25N3O. The Morgan fingerprint density at radius 3 is 3.06 bits per heavy atom. The predicted octanol–water partition coefficient (Wildman–Crippen LogP) is 1.76. The number of aryl methyl sites for hydroxylation is 2. The molecule has 102 valence electrons. The molecule has 1 N–H and O–H groups in total. The third-order valence-corrected chi connectivity index (χ3v) is 4.05. The van der Waals surface area contributed by atoms with Crippen molar-refractivity contribution in [3.05, 3.63) is 18.0 Å². The van der Waals surface area contributed by atoms with Gasteiger partial charge >= 0.3 is 0 Å². The summed E-state index contributed by atoms with van der Waals surface area (Å²) in [5, 5.41) is 7.70. The molecular weight excluding hydrogens is 226 g/mol. The van der Waals surface area contributed by atoms with Crippen LogP contribution in [0.4, 0.5) is 0 Å². The summed E-state index contributed by atoms with van der Waals surface area (Å²) >= 11 is 0. The van der Waals surface area contributed by atoms with Crippen LogP contribution in [-0.2, 0) is 18.2 Å². The molecule has 3 atom stereocenters. The highest BCUT2D eigenvalue weighted by atomic mass is 16.5. The van der Waals surface area contributed by atoms with Gasteiger partial charge in [-0.25, -0.2) is 0 Å².